The van der Waals surface area contributed by atoms with Gasteiger partial charge < -0.3 is 20.4 Å². The second kappa shape index (κ2) is 6.99. The first-order chi connectivity index (χ1) is 11.3. The van der Waals surface area contributed by atoms with Crippen LogP contribution >= 0.6 is 0 Å². The summed E-state index contributed by atoms with van der Waals surface area (Å²) in [5.41, 5.74) is 6.13. The Labute approximate surface area is 139 Å². The van der Waals surface area contributed by atoms with Crippen LogP contribution in [-0.4, -0.2) is 23.5 Å². The molecule has 0 radical (unpaired) electrons. The molecule has 0 unspecified atom stereocenters. The molecule has 2 rings (SSSR count). The third-order valence-corrected chi connectivity index (χ3v) is 3.63. The zero-order valence-corrected chi connectivity index (χ0v) is 13.8. The highest BCUT2D eigenvalue weighted by atomic mass is 16.5. The van der Waals surface area contributed by atoms with Crippen LogP contribution < -0.4 is 21.3 Å². The number of nitrogens with zero attached hydrogens (tertiary/aromatic N) is 1. The highest BCUT2D eigenvalue weighted by Gasteiger charge is 2.17. The molecule has 0 saturated heterocycles. The van der Waals surface area contributed by atoms with E-state index in [1.807, 2.05) is 0 Å². The summed E-state index contributed by atoms with van der Waals surface area (Å²) < 4.78 is 6.39. The third-order valence-electron chi connectivity index (χ3n) is 3.63. The van der Waals surface area contributed by atoms with Gasteiger partial charge in [0.05, 0.1) is 12.8 Å². The Morgan fingerprint density at radius 3 is 2.54 bits per heavy atom. The van der Waals surface area contributed by atoms with E-state index in [4.69, 9.17) is 10.5 Å². The predicted octanol–water partition coefficient (Wildman–Crippen LogP) is 1.21. The number of nitrogens with one attached hydrogen (secondary N) is 1. The number of amides is 2. The van der Waals surface area contributed by atoms with Crippen LogP contribution in [0.5, 0.6) is 5.75 Å². The summed E-state index contributed by atoms with van der Waals surface area (Å²) in [6, 6.07) is 8.59. The van der Waals surface area contributed by atoms with Crippen molar-refractivity contribution < 1.29 is 14.3 Å². The van der Waals surface area contributed by atoms with Crippen molar-refractivity contribution in [3.63, 3.8) is 0 Å². The maximum Gasteiger partial charge on any atom is 0.264 e. The molecule has 0 aliphatic heterocycles. The van der Waals surface area contributed by atoms with E-state index in [0.717, 1.165) is 0 Å². The summed E-state index contributed by atoms with van der Waals surface area (Å²) in [6.07, 6.45) is 0. The van der Waals surface area contributed by atoms with E-state index in [1.54, 1.807) is 44.2 Å². The standard InChI is InChI=1S/C17H19N3O4/c1-10-8-11(2)20(17(23)15(10)16(18)22)9-14(21)19-12-6-4-5-7-13(12)24-3/h4-8H,9H2,1-3H3,(H2,18,22)(H,19,21). The van der Waals surface area contributed by atoms with Crippen molar-refractivity contribution in [3.05, 3.63) is 57.5 Å². The molecule has 2 amide bonds. The minimum Gasteiger partial charge on any atom is -0.495 e. The van der Waals surface area contributed by atoms with Gasteiger partial charge in [0, 0.05) is 5.69 Å². The number of aryl methyl sites for hydroxylation is 2. The number of anilines is 1. The Bertz CT molecular complexity index is 855. The number of nitrogens with two attached hydrogens (primary N) is 1. The molecule has 7 nitrogen and oxygen atoms in total. The average Bonchev–Trinajstić information content (AvgIpc) is 2.51. The van der Waals surface area contributed by atoms with Gasteiger partial charge in [0.15, 0.2) is 0 Å². The lowest BCUT2D eigenvalue weighted by molar-refractivity contribution is -0.116. The van der Waals surface area contributed by atoms with Gasteiger partial charge >= 0.3 is 0 Å². The van der Waals surface area contributed by atoms with E-state index in [1.165, 1.54) is 11.7 Å². The van der Waals surface area contributed by atoms with Crippen LogP contribution in [0.1, 0.15) is 21.6 Å². The number of aromatic nitrogens is 1. The van der Waals surface area contributed by atoms with E-state index >= 15 is 0 Å². The van der Waals surface area contributed by atoms with Crippen LogP contribution in [0, 0.1) is 13.8 Å². The fraction of sp³-hybridized carbons (Fsp3) is 0.235. The monoisotopic (exact) mass is 329 g/mol. The first-order valence-corrected chi connectivity index (χ1v) is 7.29. The van der Waals surface area contributed by atoms with Crippen molar-refractivity contribution in [2.75, 3.05) is 12.4 Å². The van der Waals surface area contributed by atoms with E-state index in [9.17, 15) is 14.4 Å². The second-order valence-corrected chi connectivity index (χ2v) is 5.35. The van der Waals surface area contributed by atoms with Gasteiger partial charge in [-0.2, -0.15) is 0 Å². The number of carbonyl (C=O) groups excluding carboxylic acids is 2. The molecular weight excluding hydrogens is 310 g/mol. The van der Waals surface area contributed by atoms with Crippen LogP contribution in [0.4, 0.5) is 5.69 Å². The molecule has 7 heteroatoms. The molecule has 1 aromatic heterocycles. The van der Waals surface area contributed by atoms with Gasteiger partial charge in [-0.05, 0) is 37.6 Å². The topological polar surface area (TPSA) is 103 Å². The molecule has 0 spiro atoms. The molecule has 0 aliphatic carbocycles. The zero-order valence-electron chi connectivity index (χ0n) is 13.8. The van der Waals surface area contributed by atoms with Gasteiger partial charge in [0.2, 0.25) is 5.91 Å². The van der Waals surface area contributed by atoms with E-state index in [-0.39, 0.29) is 12.1 Å². The first-order valence-electron chi connectivity index (χ1n) is 7.29. The van der Waals surface area contributed by atoms with Crippen LogP contribution in [0.3, 0.4) is 0 Å². The maximum atomic E-state index is 12.4. The van der Waals surface area contributed by atoms with Gasteiger partial charge in [-0.15, -0.1) is 0 Å². The van der Waals surface area contributed by atoms with Crippen molar-refractivity contribution in [3.8, 4) is 5.75 Å². The molecular formula is C17H19N3O4. The molecule has 0 saturated carbocycles. The Balaban J connectivity index is 2.31. The summed E-state index contributed by atoms with van der Waals surface area (Å²) >= 11 is 0. The number of para-hydroxylation sites is 2. The third kappa shape index (κ3) is 3.45. The summed E-state index contributed by atoms with van der Waals surface area (Å²) in [7, 11) is 1.50. The number of rotatable bonds is 5. The Morgan fingerprint density at radius 1 is 1.25 bits per heavy atom. The fourth-order valence-electron chi connectivity index (χ4n) is 2.50. The summed E-state index contributed by atoms with van der Waals surface area (Å²) in [4.78, 5) is 36.2. The lowest BCUT2D eigenvalue weighted by atomic mass is 10.1. The largest absolute Gasteiger partial charge is 0.495 e. The molecule has 0 fully saturated rings. The van der Waals surface area contributed by atoms with Gasteiger partial charge in [0.1, 0.15) is 17.9 Å². The summed E-state index contributed by atoms with van der Waals surface area (Å²) in [6.45, 7) is 3.09. The van der Waals surface area contributed by atoms with E-state index in [2.05, 4.69) is 5.32 Å². The number of carbonyl (C=O) groups is 2. The molecule has 3 N–H and O–H groups in total. The highest BCUT2D eigenvalue weighted by Crippen LogP contribution is 2.22. The minimum atomic E-state index is -0.809. The van der Waals surface area contributed by atoms with Crippen LogP contribution in [0.15, 0.2) is 35.1 Å². The number of primary amides is 1. The number of pyridine rings is 1. The Kier molecular flexibility index (Phi) is 5.03. The number of hydrogen-bond donors (Lipinski definition) is 2. The molecule has 2 aromatic rings. The van der Waals surface area contributed by atoms with Crippen LogP contribution in [0.2, 0.25) is 0 Å². The minimum absolute atomic E-state index is 0.106. The number of benzene rings is 1. The average molecular weight is 329 g/mol. The van der Waals surface area contributed by atoms with Crippen molar-refractivity contribution in [2.24, 2.45) is 5.73 Å². The normalized spacial score (nSPS) is 10.3. The van der Waals surface area contributed by atoms with Gasteiger partial charge in [0.25, 0.3) is 11.5 Å². The molecule has 0 bridgehead atoms. The Hall–Kier alpha value is -3.09. The number of hydrogen-bond acceptors (Lipinski definition) is 4. The molecule has 1 heterocycles. The highest BCUT2D eigenvalue weighted by molar-refractivity contribution is 5.94. The lowest BCUT2D eigenvalue weighted by Crippen LogP contribution is -2.35. The molecule has 126 valence electrons. The quantitative estimate of drug-likeness (QED) is 0.860. The van der Waals surface area contributed by atoms with Gasteiger partial charge in [-0.1, -0.05) is 12.1 Å². The van der Waals surface area contributed by atoms with E-state index in [0.29, 0.717) is 22.7 Å². The van der Waals surface area contributed by atoms with Crippen molar-refractivity contribution in [2.45, 2.75) is 20.4 Å². The number of methoxy groups -OCH3 is 1. The van der Waals surface area contributed by atoms with E-state index < -0.39 is 17.4 Å². The van der Waals surface area contributed by atoms with Crippen molar-refractivity contribution >= 4 is 17.5 Å². The first kappa shape index (κ1) is 17.3. The summed E-state index contributed by atoms with van der Waals surface area (Å²) in [5.74, 6) is -0.711. The SMILES string of the molecule is COc1ccccc1NC(=O)Cn1c(C)cc(C)c(C(N)=O)c1=O. The zero-order chi connectivity index (χ0) is 17.9. The van der Waals surface area contributed by atoms with Crippen LogP contribution in [0.25, 0.3) is 0 Å². The predicted molar refractivity (Wildman–Crippen MR) is 90.3 cm³/mol. The second-order valence-electron chi connectivity index (χ2n) is 5.35. The molecule has 0 aliphatic rings. The van der Waals surface area contributed by atoms with Crippen molar-refractivity contribution in [1.82, 2.24) is 4.57 Å². The van der Waals surface area contributed by atoms with Crippen LogP contribution in [-0.2, 0) is 11.3 Å². The molecule has 0 atom stereocenters. The maximum absolute atomic E-state index is 12.4. The number of ether oxygens (including phenoxy) is 1. The summed E-state index contributed by atoms with van der Waals surface area (Å²) in [5, 5.41) is 2.69. The van der Waals surface area contributed by atoms with Gasteiger partial charge in [-0.25, -0.2) is 0 Å². The Morgan fingerprint density at radius 2 is 1.92 bits per heavy atom. The lowest BCUT2D eigenvalue weighted by Gasteiger charge is -2.14. The molecule has 1 aromatic carbocycles. The smallest absolute Gasteiger partial charge is 0.264 e. The van der Waals surface area contributed by atoms with Gasteiger partial charge in [-0.3, -0.25) is 14.4 Å². The molecule has 24 heavy (non-hydrogen) atoms. The fourth-order valence-corrected chi connectivity index (χ4v) is 2.50. The van der Waals surface area contributed by atoms with Crippen molar-refractivity contribution in [1.29, 1.82) is 0 Å².